The van der Waals surface area contributed by atoms with Gasteiger partial charge in [0.05, 0.1) is 6.04 Å². The molecule has 1 atom stereocenters. The number of hydrogen-bond acceptors (Lipinski definition) is 3. The van der Waals surface area contributed by atoms with Gasteiger partial charge < -0.3 is 10.4 Å². The third-order valence-electron chi connectivity index (χ3n) is 3.71. The number of aromatic hydroxyl groups is 1. The zero-order chi connectivity index (χ0) is 14.8. The zero-order valence-electron chi connectivity index (χ0n) is 12.2. The molecule has 0 saturated heterocycles. The molecule has 3 nitrogen and oxygen atoms in total. The highest BCUT2D eigenvalue weighted by molar-refractivity contribution is 5.93. The summed E-state index contributed by atoms with van der Waals surface area (Å²) in [6.07, 6.45) is 3.65. The van der Waals surface area contributed by atoms with Crippen LogP contribution in [0.3, 0.4) is 0 Å². The number of aryl methyl sites for hydroxylation is 1. The lowest BCUT2D eigenvalue weighted by atomic mass is 10.0. The van der Waals surface area contributed by atoms with Crippen molar-refractivity contribution in [3.63, 3.8) is 0 Å². The molecule has 1 heterocycles. The molecule has 2 N–H and O–H groups in total. The molecule has 3 heteroatoms. The molecule has 1 unspecified atom stereocenters. The number of benzene rings is 2. The molecular weight excluding hydrogens is 260 g/mol. The third kappa shape index (κ3) is 2.68. The van der Waals surface area contributed by atoms with Crippen molar-refractivity contribution in [2.24, 2.45) is 0 Å². The average Bonchev–Trinajstić information content (AvgIpc) is 2.47. The molecule has 0 fully saturated rings. The molecule has 0 saturated carbocycles. The second kappa shape index (κ2) is 5.44. The Labute approximate surface area is 124 Å². The van der Waals surface area contributed by atoms with Crippen molar-refractivity contribution >= 4 is 16.5 Å². The van der Waals surface area contributed by atoms with Gasteiger partial charge >= 0.3 is 0 Å². The number of nitrogens with one attached hydrogen (secondary N) is 1. The summed E-state index contributed by atoms with van der Waals surface area (Å²) < 4.78 is 0. The van der Waals surface area contributed by atoms with Crippen LogP contribution in [0.5, 0.6) is 5.75 Å². The normalized spacial score (nSPS) is 12.3. The Bertz CT molecular complexity index is 778. The van der Waals surface area contributed by atoms with E-state index in [4.69, 9.17) is 0 Å². The monoisotopic (exact) mass is 278 g/mol. The summed E-state index contributed by atoms with van der Waals surface area (Å²) >= 11 is 0. The van der Waals surface area contributed by atoms with Crippen molar-refractivity contribution in [1.82, 2.24) is 4.98 Å². The maximum Gasteiger partial charge on any atom is 0.121 e. The van der Waals surface area contributed by atoms with E-state index in [1.807, 2.05) is 56.4 Å². The predicted molar refractivity (Wildman–Crippen MR) is 86.6 cm³/mol. The Morgan fingerprint density at radius 3 is 2.81 bits per heavy atom. The van der Waals surface area contributed by atoms with Crippen LogP contribution in [0.1, 0.15) is 24.1 Å². The number of anilines is 1. The first-order chi connectivity index (χ1) is 10.1. The molecule has 1 aromatic heterocycles. The number of pyridine rings is 1. The maximum atomic E-state index is 10.1. The Morgan fingerprint density at radius 2 is 2.00 bits per heavy atom. The zero-order valence-corrected chi connectivity index (χ0v) is 12.2. The third-order valence-corrected chi connectivity index (χ3v) is 3.71. The SMILES string of the molecule is Cc1ccc(C(C)Nc2cccc3cnccc23)c(O)c1. The van der Waals surface area contributed by atoms with E-state index in [-0.39, 0.29) is 6.04 Å². The first kappa shape index (κ1) is 13.4. The predicted octanol–water partition coefficient (Wildman–Crippen LogP) is 4.42. The van der Waals surface area contributed by atoms with E-state index in [2.05, 4.69) is 10.3 Å². The highest BCUT2D eigenvalue weighted by Crippen LogP contribution is 2.30. The largest absolute Gasteiger partial charge is 0.508 e. The van der Waals surface area contributed by atoms with Crippen molar-refractivity contribution in [2.75, 3.05) is 5.32 Å². The van der Waals surface area contributed by atoms with Gasteiger partial charge in [-0.3, -0.25) is 4.98 Å². The highest BCUT2D eigenvalue weighted by Gasteiger charge is 2.11. The van der Waals surface area contributed by atoms with Gasteiger partial charge in [-0.15, -0.1) is 0 Å². The second-order valence-corrected chi connectivity index (χ2v) is 5.33. The molecule has 0 amide bonds. The topological polar surface area (TPSA) is 45.2 Å². The standard InChI is InChI=1S/C18H18N2O/c1-12-6-7-15(18(21)10-12)13(2)20-17-5-3-4-14-11-19-9-8-16(14)17/h3-11,13,20-21H,1-2H3. The molecule has 3 rings (SSSR count). The Morgan fingerprint density at radius 1 is 1.14 bits per heavy atom. The van der Waals surface area contributed by atoms with Crippen LogP contribution in [0.2, 0.25) is 0 Å². The first-order valence-corrected chi connectivity index (χ1v) is 7.04. The fourth-order valence-corrected chi connectivity index (χ4v) is 2.58. The smallest absolute Gasteiger partial charge is 0.121 e. The van der Waals surface area contributed by atoms with Crippen LogP contribution in [0.15, 0.2) is 54.9 Å². The van der Waals surface area contributed by atoms with Gasteiger partial charge in [-0.1, -0.05) is 24.3 Å². The lowest BCUT2D eigenvalue weighted by Gasteiger charge is -2.18. The summed E-state index contributed by atoms with van der Waals surface area (Å²) in [5, 5.41) is 15.8. The van der Waals surface area contributed by atoms with Gasteiger partial charge in [-0.25, -0.2) is 0 Å². The van der Waals surface area contributed by atoms with Gasteiger partial charge in [0.2, 0.25) is 0 Å². The van der Waals surface area contributed by atoms with E-state index in [0.717, 1.165) is 27.6 Å². The van der Waals surface area contributed by atoms with E-state index in [1.165, 1.54) is 0 Å². The van der Waals surface area contributed by atoms with Gasteiger partial charge in [0.15, 0.2) is 0 Å². The van der Waals surface area contributed by atoms with Crippen molar-refractivity contribution in [3.8, 4) is 5.75 Å². The summed E-state index contributed by atoms with van der Waals surface area (Å²) in [5.74, 6) is 0.330. The Balaban J connectivity index is 1.94. The van der Waals surface area contributed by atoms with E-state index >= 15 is 0 Å². The van der Waals surface area contributed by atoms with Crippen molar-refractivity contribution in [3.05, 3.63) is 66.0 Å². The van der Waals surface area contributed by atoms with Gasteiger partial charge in [0.25, 0.3) is 0 Å². The number of phenolic OH excluding ortho intramolecular Hbond substituents is 1. The molecule has 2 aromatic carbocycles. The Hall–Kier alpha value is -2.55. The minimum Gasteiger partial charge on any atom is -0.508 e. The van der Waals surface area contributed by atoms with Gasteiger partial charge in [-0.05, 0) is 37.6 Å². The number of hydrogen-bond donors (Lipinski definition) is 2. The fourth-order valence-electron chi connectivity index (χ4n) is 2.58. The fraction of sp³-hybridized carbons (Fsp3) is 0.167. The van der Waals surface area contributed by atoms with Crippen LogP contribution >= 0.6 is 0 Å². The highest BCUT2D eigenvalue weighted by atomic mass is 16.3. The lowest BCUT2D eigenvalue weighted by Crippen LogP contribution is -2.07. The van der Waals surface area contributed by atoms with E-state index in [0.29, 0.717) is 5.75 Å². The summed E-state index contributed by atoms with van der Waals surface area (Å²) in [5.41, 5.74) is 2.99. The number of aromatic nitrogens is 1. The molecule has 106 valence electrons. The van der Waals surface area contributed by atoms with Crippen LogP contribution in [-0.2, 0) is 0 Å². The molecule has 3 aromatic rings. The lowest BCUT2D eigenvalue weighted by molar-refractivity contribution is 0.465. The summed E-state index contributed by atoms with van der Waals surface area (Å²) in [4.78, 5) is 4.15. The summed E-state index contributed by atoms with van der Waals surface area (Å²) in [6, 6.07) is 13.9. The molecule has 0 radical (unpaired) electrons. The molecule has 0 aliphatic rings. The van der Waals surface area contributed by atoms with E-state index < -0.39 is 0 Å². The number of phenols is 1. The number of nitrogens with zero attached hydrogens (tertiary/aromatic N) is 1. The number of fused-ring (bicyclic) bond motifs is 1. The molecule has 0 aliphatic heterocycles. The van der Waals surface area contributed by atoms with Crippen LogP contribution in [0.4, 0.5) is 5.69 Å². The van der Waals surface area contributed by atoms with E-state index in [1.54, 1.807) is 12.3 Å². The quantitative estimate of drug-likeness (QED) is 0.745. The summed E-state index contributed by atoms with van der Waals surface area (Å²) in [6.45, 7) is 4.02. The molecular formula is C18H18N2O. The molecule has 0 spiro atoms. The minimum absolute atomic E-state index is 0.0179. The van der Waals surface area contributed by atoms with Gasteiger partial charge in [-0.2, -0.15) is 0 Å². The van der Waals surface area contributed by atoms with Gasteiger partial charge in [0, 0.05) is 34.4 Å². The maximum absolute atomic E-state index is 10.1. The molecule has 0 bridgehead atoms. The van der Waals surface area contributed by atoms with Crippen LogP contribution in [-0.4, -0.2) is 10.1 Å². The van der Waals surface area contributed by atoms with Crippen molar-refractivity contribution < 1.29 is 5.11 Å². The molecule has 21 heavy (non-hydrogen) atoms. The van der Waals surface area contributed by atoms with Crippen LogP contribution in [0, 0.1) is 6.92 Å². The van der Waals surface area contributed by atoms with Crippen molar-refractivity contribution in [1.29, 1.82) is 0 Å². The minimum atomic E-state index is 0.0179. The summed E-state index contributed by atoms with van der Waals surface area (Å²) in [7, 11) is 0. The average molecular weight is 278 g/mol. The first-order valence-electron chi connectivity index (χ1n) is 7.04. The molecule has 0 aliphatic carbocycles. The second-order valence-electron chi connectivity index (χ2n) is 5.33. The van der Waals surface area contributed by atoms with E-state index in [9.17, 15) is 5.11 Å². The van der Waals surface area contributed by atoms with Crippen LogP contribution < -0.4 is 5.32 Å². The van der Waals surface area contributed by atoms with Gasteiger partial charge in [0.1, 0.15) is 5.75 Å². The van der Waals surface area contributed by atoms with Crippen LogP contribution in [0.25, 0.3) is 10.8 Å². The van der Waals surface area contributed by atoms with Crippen molar-refractivity contribution in [2.45, 2.75) is 19.9 Å². The Kier molecular flexibility index (Phi) is 3.48. The number of rotatable bonds is 3.